The summed E-state index contributed by atoms with van der Waals surface area (Å²) in [5.74, 6) is -0.935. The predicted molar refractivity (Wildman–Crippen MR) is 91.0 cm³/mol. The molecule has 0 aliphatic heterocycles. The molecule has 0 saturated carbocycles. The van der Waals surface area contributed by atoms with Crippen molar-refractivity contribution in [3.8, 4) is 5.75 Å². The number of primary amides is 1. The molecule has 0 radical (unpaired) electrons. The molecule has 0 atom stereocenters. The largest absolute Gasteiger partial charge is 0.496 e. The van der Waals surface area contributed by atoms with Crippen LogP contribution in [0.25, 0.3) is 0 Å². The number of carbonyl (C=O) groups excluding carboxylic acids is 2. The van der Waals surface area contributed by atoms with E-state index in [9.17, 15) is 14.0 Å². The molecule has 25 heavy (non-hydrogen) atoms. The van der Waals surface area contributed by atoms with Crippen LogP contribution in [0.2, 0.25) is 0 Å². The van der Waals surface area contributed by atoms with Gasteiger partial charge in [-0.25, -0.2) is 9.18 Å². The monoisotopic (exact) mass is 346 g/mol. The summed E-state index contributed by atoms with van der Waals surface area (Å²) in [6.07, 6.45) is 1.67. The average Bonchev–Trinajstić information content (AvgIpc) is 2.56. The fourth-order valence-electron chi connectivity index (χ4n) is 2.38. The van der Waals surface area contributed by atoms with Crippen molar-refractivity contribution in [3.63, 3.8) is 0 Å². The van der Waals surface area contributed by atoms with Crippen molar-refractivity contribution in [1.29, 1.82) is 0 Å². The van der Waals surface area contributed by atoms with E-state index in [1.54, 1.807) is 13.3 Å². The molecule has 0 saturated heterocycles. The van der Waals surface area contributed by atoms with Crippen molar-refractivity contribution in [3.05, 3.63) is 52.6 Å². The fourth-order valence-corrected chi connectivity index (χ4v) is 2.38. The lowest BCUT2D eigenvalue weighted by atomic mass is 10.1. The Bertz CT molecular complexity index is 824. The molecule has 0 aliphatic rings. The minimum atomic E-state index is -0.909. The van der Waals surface area contributed by atoms with E-state index in [1.165, 1.54) is 12.1 Å². The van der Waals surface area contributed by atoms with Gasteiger partial charge in [-0.1, -0.05) is 0 Å². The van der Waals surface area contributed by atoms with Gasteiger partial charge in [-0.2, -0.15) is 0 Å². The molecular formula is C17H19FN4O3. The average molecular weight is 346 g/mol. The van der Waals surface area contributed by atoms with Gasteiger partial charge < -0.3 is 21.1 Å². The number of methoxy groups -OCH3 is 1. The summed E-state index contributed by atoms with van der Waals surface area (Å²) in [6, 6.07) is 3.05. The Morgan fingerprint density at radius 1 is 1.32 bits per heavy atom. The molecular weight excluding hydrogens is 327 g/mol. The number of rotatable bonds is 5. The van der Waals surface area contributed by atoms with E-state index >= 15 is 0 Å². The summed E-state index contributed by atoms with van der Waals surface area (Å²) in [5, 5.41) is 5.15. The number of benzene rings is 1. The number of halogens is 1. The van der Waals surface area contributed by atoms with Crippen LogP contribution in [-0.2, 0) is 6.54 Å². The van der Waals surface area contributed by atoms with E-state index in [2.05, 4.69) is 15.6 Å². The summed E-state index contributed by atoms with van der Waals surface area (Å²) in [5.41, 5.74) is 7.43. The van der Waals surface area contributed by atoms with Crippen LogP contribution in [0.3, 0.4) is 0 Å². The molecule has 3 amide bonds. The summed E-state index contributed by atoms with van der Waals surface area (Å²) in [4.78, 5) is 27.4. The van der Waals surface area contributed by atoms with Gasteiger partial charge in [0.2, 0.25) is 0 Å². The third kappa shape index (κ3) is 4.23. The SMILES string of the molecule is COc1c(C)cnc(CNC(=O)Nc2ccc(F)c(C(N)=O)c2)c1C. The normalized spacial score (nSPS) is 10.2. The van der Waals surface area contributed by atoms with E-state index < -0.39 is 17.8 Å². The minimum absolute atomic E-state index is 0.179. The standard InChI is InChI=1S/C17H19FN4O3/c1-9-7-20-14(10(2)15(9)25-3)8-21-17(24)22-11-4-5-13(18)12(6-11)16(19)23/h4-7H,8H2,1-3H3,(H2,19,23)(H2,21,22,24). The number of nitrogens with two attached hydrogens (primary N) is 1. The molecule has 0 bridgehead atoms. The Balaban J connectivity index is 2.05. The number of anilines is 1. The van der Waals surface area contributed by atoms with Gasteiger partial charge in [-0.3, -0.25) is 9.78 Å². The van der Waals surface area contributed by atoms with Crippen LogP contribution < -0.4 is 21.1 Å². The zero-order chi connectivity index (χ0) is 18.6. The van der Waals surface area contributed by atoms with Crippen LogP contribution in [0.15, 0.2) is 24.4 Å². The number of nitrogens with zero attached hydrogens (tertiary/aromatic N) is 1. The molecule has 0 unspecified atom stereocenters. The molecule has 0 spiro atoms. The highest BCUT2D eigenvalue weighted by molar-refractivity contribution is 5.96. The molecule has 1 aromatic carbocycles. The van der Waals surface area contributed by atoms with Crippen molar-refractivity contribution in [1.82, 2.24) is 10.3 Å². The third-order valence-electron chi connectivity index (χ3n) is 3.66. The summed E-state index contributed by atoms with van der Waals surface area (Å²) >= 11 is 0. The van der Waals surface area contributed by atoms with Gasteiger partial charge in [0.15, 0.2) is 0 Å². The van der Waals surface area contributed by atoms with Crippen LogP contribution in [-0.4, -0.2) is 24.0 Å². The molecule has 1 aromatic heterocycles. The second kappa shape index (κ2) is 7.61. The number of aromatic nitrogens is 1. The maximum atomic E-state index is 13.4. The van der Waals surface area contributed by atoms with Crippen LogP contribution in [0.1, 0.15) is 27.2 Å². The number of carbonyl (C=O) groups is 2. The van der Waals surface area contributed by atoms with Gasteiger partial charge in [0.1, 0.15) is 11.6 Å². The lowest BCUT2D eigenvalue weighted by Crippen LogP contribution is -2.29. The lowest BCUT2D eigenvalue weighted by molar-refractivity contribution is 0.0996. The van der Waals surface area contributed by atoms with Gasteiger partial charge >= 0.3 is 6.03 Å². The summed E-state index contributed by atoms with van der Waals surface area (Å²) in [7, 11) is 1.57. The molecule has 2 rings (SSSR count). The van der Waals surface area contributed by atoms with Crippen LogP contribution >= 0.6 is 0 Å². The highest BCUT2D eigenvalue weighted by Gasteiger charge is 2.12. The molecule has 8 heteroatoms. The Morgan fingerprint density at radius 2 is 2.04 bits per heavy atom. The highest BCUT2D eigenvalue weighted by atomic mass is 19.1. The third-order valence-corrected chi connectivity index (χ3v) is 3.66. The van der Waals surface area contributed by atoms with E-state index in [0.717, 1.165) is 22.9 Å². The van der Waals surface area contributed by atoms with Gasteiger partial charge in [0, 0.05) is 23.0 Å². The molecule has 0 fully saturated rings. The first kappa shape index (κ1) is 18.2. The number of ether oxygens (including phenoxy) is 1. The first-order valence-electron chi connectivity index (χ1n) is 7.46. The second-order valence-corrected chi connectivity index (χ2v) is 5.41. The number of pyridine rings is 1. The molecule has 2 aromatic rings. The summed E-state index contributed by atoms with van der Waals surface area (Å²) in [6.45, 7) is 3.92. The maximum absolute atomic E-state index is 13.4. The lowest BCUT2D eigenvalue weighted by Gasteiger charge is -2.13. The molecule has 132 valence electrons. The number of aryl methyl sites for hydroxylation is 1. The number of hydrogen-bond donors (Lipinski definition) is 3. The van der Waals surface area contributed by atoms with Gasteiger partial charge in [-0.15, -0.1) is 0 Å². The minimum Gasteiger partial charge on any atom is -0.496 e. The van der Waals surface area contributed by atoms with Crippen LogP contribution in [0, 0.1) is 19.7 Å². The number of hydrogen-bond acceptors (Lipinski definition) is 4. The van der Waals surface area contributed by atoms with Crippen LogP contribution in [0.4, 0.5) is 14.9 Å². The Labute approximate surface area is 144 Å². The molecule has 7 nitrogen and oxygen atoms in total. The first-order chi connectivity index (χ1) is 11.8. The fraction of sp³-hybridized carbons (Fsp3) is 0.235. The highest BCUT2D eigenvalue weighted by Crippen LogP contribution is 2.23. The zero-order valence-electron chi connectivity index (χ0n) is 14.1. The smallest absolute Gasteiger partial charge is 0.319 e. The van der Waals surface area contributed by atoms with E-state index in [4.69, 9.17) is 10.5 Å². The van der Waals surface area contributed by atoms with Gasteiger partial charge in [0.05, 0.1) is 24.9 Å². The van der Waals surface area contributed by atoms with Gasteiger partial charge in [-0.05, 0) is 32.0 Å². The topological polar surface area (TPSA) is 106 Å². The van der Waals surface area contributed by atoms with Crippen molar-refractivity contribution in [2.45, 2.75) is 20.4 Å². The van der Waals surface area contributed by atoms with Gasteiger partial charge in [0.25, 0.3) is 5.91 Å². The van der Waals surface area contributed by atoms with Crippen molar-refractivity contribution >= 4 is 17.6 Å². The second-order valence-electron chi connectivity index (χ2n) is 5.41. The number of nitrogens with one attached hydrogen (secondary N) is 2. The van der Waals surface area contributed by atoms with Crippen molar-refractivity contribution in [2.24, 2.45) is 5.73 Å². The number of urea groups is 1. The molecule has 4 N–H and O–H groups in total. The Hall–Kier alpha value is -3.16. The van der Waals surface area contributed by atoms with Crippen LogP contribution in [0.5, 0.6) is 5.75 Å². The van der Waals surface area contributed by atoms with Crippen molar-refractivity contribution < 1.29 is 18.7 Å². The Kier molecular flexibility index (Phi) is 5.53. The number of amides is 3. The Morgan fingerprint density at radius 3 is 2.68 bits per heavy atom. The predicted octanol–water partition coefficient (Wildman–Crippen LogP) is 2.27. The first-order valence-corrected chi connectivity index (χ1v) is 7.46. The quantitative estimate of drug-likeness (QED) is 0.772. The summed E-state index contributed by atoms with van der Waals surface area (Å²) < 4.78 is 18.7. The van der Waals surface area contributed by atoms with E-state index in [0.29, 0.717) is 5.69 Å². The molecule has 0 aliphatic carbocycles. The van der Waals surface area contributed by atoms with E-state index in [-0.39, 0.29) is 17.8 Å². The molecule has 1 heterocycles. The maximum Gasteiger partial charge on any atom is 0.319 e. The van der Waals surface area contributed by atoms with E-state index in [1.807, 2.05) is 13.8 Å². The van der Waals surface area contributed by atoms with Crippen molar-refractivity contribution in [2.75, 3.05) is 12.4 Å². The zero-order valence-corrected chi connectivity index (χ0v) is 14.1.